The van der Waals surface area contributed by atoms with Crippen LogP contribution in [0.3, 0.4) is 0 Å². The molecule has 1 aromatic heterocycles. The number of aromatic nitrogens is 2. The van der Waals surface area contributed by atoms with Crippen molar-refractivity contribution in [2.24, 2.45) is 0 Å². The molecule has 14 heavy (non-hydrogen) atoms. The average molecular weight is 196 g/mol. The highest BCUT2D eigenvalue weighted by Gasteiger charge is 2.18. The normalized spacial score (nSPS) is 20.9. The molecule has 1 aromatic rings. The van der Waals surface area contributed by atoms with Crippen molar-refractivity contribution in [3.8, 4) is 0 Å². The van der Waals surface area contributed by atoms with Gasteiger partial charge in [-0.25, -0.2) is 4.98 Å². The van der Waals surface area contributed by atoms with Crippen molar-refractivity contribution in [2.45, 2.75) is 31.9 Å². The van der Waals surface area contributed by atoms with Crippen LogP contribution in [0, 0.1) is 0 Å². The lowest BCUT2D eigenvalue weighted by molar-refractivity contribution is 0.142. The number of hydrogen-bond acceptors (Lipinski definition) is 3. The SMILES string of the molecule is COCCc1ncc2n1CCC(O)C2. The van der Waals surface area contributed by atoms with E-state index in [4.69, 9.17) is 4.74 Å². The van der Waals surface area contributed by atoms with Gasteiger partial charge in [-0.1, -0.05) is 0 Å². The monoisotopic (exact) mass is 196 g/mol. The zero-order valence-corrected chi connectivity index (χ0v) is 8.44. The summed E-state index contributed by atoms with van der Waals surface area (Å²) in [5.41, 5.74) is 1.15. The number of aliphatic hydroxyl groups is 1. The number of aliphatic hydroxyl groups excluding tert-OH is 1. The first-order chi connectivity index (χ1) is 6.81. The molecule has 0 saturated carbocycles. The highest BCUT2D eigenvalue weighted by molar-refractivity contribution is 5.09. The molecule has 0 spiro atoms. The van der Waals surface area contributed by atoms with E-state index in [0.29, 0.717) is 6.61 Å². The van der Waals surface area contributed by atoms with Gasteiger partial charge in [0.2, 0.25) is 0 Å². The predicted octanol–water partition coefficient (Wildman–Crippen LogP) is 0.379. The number of methoxy groups -OCH3 is 1. The maximum Gasteiger partial charge on any atom is 0.111 e. The van der Waals surface area contributed by atoms with Crippen molar-refractivity contribution >= 4 is 0 Å². The van der Waals surface area contributed by atoms with Crippen molar-refractivity contribution in [1.29, 1.82) is 0 Å². The maximum atomic E-state index is 9.48. The van der Waals surface area contributed by atoms with Gasteiger partial charge >= 0.3 is 0 Å². The van der Waals surface area contributed by atoms with Crippen molar-refractivity contribution in [2.75, 3.05) is 13.7 Å². The Bertz CT molecular complexity index is 309. The number of imidazole rings is 1. The summed E-state index contributed by atoms with van der Waals surface area (Å²) in [6, 6.07) is 0. The first kappa shape index (κ1) is 9.68. The number of nitrogens with zero attached hydrogens (tertiary/aromatic N) is 2. The number of fused-ring (bicyclic) bond motifs is 1. The van der Waals surface area contributed by atoms with Gasteiger partial charge in [-0.15, -0.1) is 0 Å². The summed E-state index contributed by atoms with van der Waals surface area (Å²) in [4.78, 5) is 4.34. The Morgan fingerprint density at radius 1 is 1.71 bits per heavy atom. The summed E-state index contributed by atoms with van der Waals surface area (Å²) in [5, 5.41) is 9.48. The fraction of sp³-hybridized carbons (Fsp3) is 0.700. The van der Waals surface area contributed by atoms with Crippen LogP contribution >= 0.6 is 0 Å². The minimum absolute atomic E-state index is 0.186. The quantitative estimate of drug-likeness (QED) is 0.760. The summed E-state index contributed by atoms with van der Waals surface area (Å²) >= 11 is 0. The van der Waals surface area contributed by atoms with E-state index in [-0.39, 0.29) is 6.10 Å². The van der Waals surface area contributed by atoms with Crippen LogP contribution in [-0.4, -0.2) is 34.5 Å². The summed E-state index contributed by atoms with van der Waals surface area (Å²) < 4.78 is 7.22. The molecule has 0 radical (unpaired) electrons. The summed E-state index contributed by atoms with van der Waals surface area (Å²) in [6.07, 6.45) is 4.11. The lowest BCUT2D eigenvalue weighted by Gasteiger charge is -2.20. The summed E-state index contributed by atoms with van der Waals surface area (Å²) in [6.45, 7) is 1.59. The topological polar surface area (TPSA) is 47.3 Å². The molecule has 78 valence electrons. The molecule has 0 fully saturated rings. The van der Waals surface area contributed by atoms with Crippen LogP contribution < -0.4 is 0 Å². The molecule has 0 saturated heterocycles. The van der Waals surface area contributed by atoms with Crippen LogP contribution in [0.1, 0.15) is 17.9 Å². The third-order valence-electron chi connectivity index (χ3n) is 2.68. The second-order valence-corrected chi connectivity index (χ2v) is 3.71. The molecule has 2 heterocycles. The van der Waals surface area contributed by atoms with E-state index in [1.165, 1.54) is 0 Å². The van der Waals surface area contributed by atoms with Crippen molar-refractivity contribution in [3.63, 3.8) is 0 Å². The second-order valence-electron chi connectivity index (χ2n) is 3.71. The van der Waals surface area contributed by atoms with Crippen LogP contribution in [0.15, 0.2) is 6.20 Å². The number of hydrogen-bond donors (Lipinski definition) is 1. The molecule has 1 unspecified atom stereocenters. The van der Waals surface area contributed by atoms with Crippen LogP contribution in [0.2, 0.25) is 0 Å². The molecule has 1 aliphatic rings. The Hall–Kier alpha value is -0.870. The minimum Gasteiger partial charge on any atom is -0.393 e. The fourth-order valence-electron chi connectivity index (χ4n) is 1.90. The molecular formula is C10H16N2O2. The first-order valence-corrected chi connectivity index (χ1v) is 5.01. The van der Waals surface area contributed by atoms with E-state index in [2.05, 4.69) is 9.55 Å². The van der Waals surface area contributed by atoms with Gasteiger partial charge in [0.25, 0.3) is 0 Å². The van der Waals surface area contributed by atoms with Gasteiger partial charge in [-0.05, 0) is 6.42 Å². The Morgan fingerprint density at radius 3 is 3.36 bits per heavy atom. The van der Waals surface area contributed by atoms with Crippen molar-refractivity contribution in [3.05, 3.63) is 17.7 Å². The van der Waals surface area contributed by atoms with Gasteiger partial charge in [-0.2, -0.15) is 0 Å². The standard InChI is InChI=1S/C10H16N2O2/c1-14-5-3-10-11-7-8-6-9(13)2-4-12(8)10/h7,9,13H,2-6H2,1H3. The van der Waals surface area contributed by atoms with Gasteiger partial charge < -0.3 is 14.4 Å². The first-order valence-electron chi connectivity index (χ1n) is 5.01. The zero-order valence-electron chi connectivity index (χ0n) is 8.44. The molecular weight excluding hydrogens is 180 g/mol. The fourth-order valence-corrected chi connectivity index (χ4v) is 1.90. The van der Waals surface area contributed by atoms with Gasteiger partial charge in [0.1, 0.15) is 5.82 Å². The second kappa shape index (κ2) is 4.11. The van der Waals surface area contributed by atoms with Crippen LogP contribution in [0.25, 0.3) is 0 Å². The van der Waals surface area contributed by atoms with Crippen LogP contribution in [0.5, 0.6) is 0 Å². The summed E-state index contributed by atoms with van der Waals surface area (Å²) in [5.74, 6) is 1.08. The highest BCUT2D eigenvalue weighted by Crippen LogP contribution is 2.17. The molecule has 4 heteroatoms. The molecule has 0 amide bonds. The molecule has 1 N–H and O–H groups in total. The minimum atomic E-state index is -0.186. The molecule has 0 bridgehead atoms. The van der Waals surface area contributed by atoms with E-state index in [1.807, 2.05) is 6.20 Å². The molecule has 4 nitrogen and oxygen atoms in total. The smallest absolute Gasteiger partial charge is 0.111 e. The van der Waals surface area contributed by atoms with Gasteiger partial charge in [0.05, 0.1) is 12.7 Å². The maximum absolute atomic E-state index is 9.48. The lowest BCUT2D eigenvalue weighted by atomic mass is 10.1. The molecule has 2 rings (SSSR count). The highest BCUT2D eigenvalue weighted by atomic mass is 16.5. The van der Waals surface area contributed by atoms with E-state index in [9.17, 15) is 5.11 Å². The Kier molecular flexibility index (Phi) is 2.84. The van der Waals surface area contributed by atoms with Crippen molar-refractivity contribution < 1.29 is 9.84 Å². The molecule has 1 aliphatic heterocycles. The van der Waals surface area contributed by atoms with Crippen LogP contribution in [-0.2, 0) is 24.1 Å². The third kappa shape index (κ3) is 1.81. The van der Waals surface area contributed by atoms with E-state index in [0.717, 1.165) is 37.3 Å². The summed E-state index contributed by atoms with van der Waals surface area (Å²) in [7, 11) is 1.70. The van der Waals surface area contributed by atoms with Crippen LogP contribution in [0.4, 0.5) is 0 Å². The van der Waals surface area contributed by atoms with E-state index < -0.39 is 0 Å². The number of ether oxygens (including phenoxy) is 1. The third-order valence-corrected chi connectivity index (χ3v) is 2.68. The lowest BCUT2D eigenvalue weighted by Crippen LogP contribution is -2.24. The predicted molar refractivity (Wildman–Crippen MR) is 52.1 cm³/mol. The largest absolute Gasteiger partial charge is 0.393 e. The Morgan fingerprint density at radius 2 is 2.57 bits per heavy atom. The Balaban J connectivity index is 2.12. The number of rotatable bonds is 3. The Labute approximate surface area is 83.5 Å². The van der Waals surface area contributed by atoms with Gasteiger partial charge in [0.15, 0.2) is 0 Å². The van der Waals surface area contributed by atoms with Gasteiger partial charge in [0, 0.05) is 38.4 Å². The molecule has 0 aliphatic carbocycles. The average Bonchev–Trinajstić information content (AvgIpc) is 2.57. The zero-order chi connectivity index (χ0) is 9.97. The molecule has 1 atom stereocenters. The van der Waals surface area contributed by atoms with E-state index in [1.54, 1.807) is 7.11 Å². The van der Waals surface area contributed by atoms with E-state index >= 15 is 0 Å². The molecule has 0 aromatic carbocycles. The van der Waals surface area contributed by atoms with Gasteiger partial charge in [-0.3, -0.25) is 0 Å². The van der Waals surface area contributed by atoms with Crippen molar-refractivity contribution in [1.82, 2.24) is 9.55 Å².